The summed E-state index contributed by atoms with van der Waals surface area (Å²) >= 11 is 0. The highest BCUT2D eigenvalue weighted by Crippen LogP contribution is 2.16. The molecule has 3 aromatic rings. The molecule has 0 aliphatic carbocycles. The Balaban J connectivity index is 1.24. The smallest absolute Gasteiger partial charge is 0.252 e. The van der Waals surface area contributed by atoms with Gasteiger partial charge in [-0.3, -0.25) is 4.79 Å². The van der Waals surface area contributed by atoms with Crippen LogP contribution in [0.5, 0.6) is 0 Å². The highest BCUT2D eigenvalue weighted by molar-refractivity contribution is 5.76. The van der Waals surface area contributed by atoms with Gasteiger partial charge < -0.3 is 10.2 Å². The fraction of sp³-hybridized carbons (Fsp3) is 0.500. The molecule has 31 heavy (non-hydrogen) atoms. The fourth-order valence-electron chi connectivity index (χ4n) is 4.58. The summed E-state index contributed by atoms with van der Waals surface area (Å²) in [6.45, 7) is 7.15. The number of hydrogen-bond acceptors (Lipinski definition) is 5. The van der Waals surface area contributed by atoms with Gasteiger partial charge in [-0.25, -0.2) is 9.50 Å². The Labute approximate surface area is 183 Å². The summed E-state index contributed by atoms with van der Waals surface area (Å²) < 4.78 is 1.74. The van der Waals surface area contributed by atoms with Crippen LogP contribution in [0.4, 0.5) is 0 Å². The van der Waals surface area contributed by atoms with E-state index in [1.807, 2.05) is 13.8 Å². The predicted molar refractivity (Wildman–Crippen MR) is 121 cm³/mol. The van der Waals surface area contributed by atoms with Crippen LogP contribution in [0.25, 0.3) is 5.78 Å². The molecule has 1 amide bonds. The zero-order valence-electron chi connectivity index (χ0n) is 18.5. The third-order valence-corrected chi connectivity index (χ3v) is 6.24. The van der Waals surface area contributed by atoms with Gasteiger partial charge in [0.1, 0.15) is 6.33 Å². The quantitative estimate of drug-likeness (QED) is 0.606. The second-order valence-corrected chi connectivity index (χ2v) is 8.53. The first-order valence-electron chi connectivity index (χ1n) is 11.3. The number of rotatable bonds is 8. The molecule has 1 atom stereocenters. The summed E-state index contributed by atoms with van der Waals surface area (Å²) in [5.41, 5.74) is 4.41. The van der Waals surface area contributed by atoms with Gasteiger partial charge in [0.15, 0.2) is 0 Å². The van der Waals surface area contributed by atoms with Crippen molar-refractivity contribution in [2.45, 2.75) is 58.4 Å². The lowest BCUT2D eigenvalue weighted by Crippen LogP contribution is -2.48. The molecule has 3 heterocycles. The Kier molecular flexibility index (Phi) is 6.92. The monoisotopic (exact) mass is 420 g/mol. The van der Waals surface area contributed by atoms with Crippen LogP contribution >= 0.6 is 0 Å². The summed E-state index contributed by atoms with van der Waals surface area (Å²) in [5.74, 6) is 0.728. The topological polar surface area (TPSA) is 75.4 Å². The number of aromatic nitrogens is 4. The van der Waals surface area contributed by atoms with Gasteiger partial charge in [-0.15, -0.1) is 0 Å². The normalized spacial score (nSPS) is 17.2. The Bertz CT molecular complexity index is 1020. The molecule has 1 fully saturated rings. The Morgan fingerprint density at radius 3 is 2.87 bits per heavy atom. The Morgan fingerprint density at radius 1 is 1.19 bits per heavy atom. The Hall–Kier alpha value is -2.80. The van der Waals surface area contributed by atoms with Gasteiger partial charge in [-0.2, -0.15) is 10.1 Å². The van der Waals surface area contributed by atoms with Crippen LogP contribution < -0.4 is 5.32 Å². The van der Waals surface area contributed by atoms with E-state index in [4.69, 9.17) is 0 Å². The van der Waals surface area contributed by atoms with Crippen LogP contribution in [0, 0.1) is 13.8 Å². The van der Waals surface area contributed by atoms with Crippen molar-refractivity contribution < 1.29 is 4.79 Å². The molecule has 1 aliphatic heterocycles. The second-order valence-electron chi connectivity index (χ2n) is 8.53. The third kappa shape index (κ3) is 5.47. The van der Waals surface area contributed by atoms with E-state index in [0.717, 1.165) is 62.3 Å². The summed E-state index contributed by atoms with van der Waals surface area (Å²) in [7, 11) is 0. The molecule has 1 aromatic carbocycles. The molecule has 0 saturated carbocycles. The number of fused-ring (bicyclic) bond motifs is 1. The van der Waals surface area contributed by atoms with Gasteiger partial charge in [0.2, 0.25) is 5.91 Å². The molecule has 7 nitrogen and oxygen atoms in total. The largest absolute Gasteiger partial charge is 0.352 e. The second kappa shape index (κ2) is 10.0. The molecule has 0 spiro atoms. The SMILES string of the molecule is Cc1nc2ncnn2c(C)c1CCC(=O)N[C@H]1CCCN(CCCc2ccccc2)C1. The molecular formula is C24H32N6O. The van der Waals surface area contributed by atoms with Gasteiger partial charge in [0.25, 0.3) is 5.78 Å². The number of nitrogens with one attached hydrogen (secondary N) is 1. The maximum Gasteiger partial charge on any atom is 0.252 e. The van der Waals surface area contributed by atoms with Crippen LogP contribution in [0.15, 0.2) is 36.7 Å². The number of hydrogen-bond donors (Lipinski definition) is 1. The van der Waals surface area contributed by atoms with Gasteiger partial charge in [-0.1, -0.05) is 30.3 Å². The molecule has 0 unspecified atom stereocenters. The van der Waals surface area contributed by atoms with Crippen LogP contribution in [-0.2, 0) is 17.6 Å². The van der Waals surface area contributed by atoms with Crippen molar-refractivity contribution in [2.75, 3.05) is 19.6 Å². The lowest BCUT2D eigenvalue weighted by molar-refractivity contribution is -0.122. The lowest BCUT2D eigenvalue weighted by Gasteiger charge is -2.33. The standard InChI is InChI=1S/C24H32N6O/c1-18-22(19(2)30-24(27-18)25-17-26-30)12-13-23(31)28-21-11-7-15-29(16-21)14-6-10-20-8-4-3-5-9-20/h3-5,8-9,17,21H,6-7,10-16H2,1-2H3,(H,28,31)/t21-/m0/s1. The van der Waals surface area contributed by atoms with E-state index >= 15 is 0 Å². The molecule has 1 saturated heterocycles. The summed E-state index contributed by atoms with van der Waals surface area (Å²) in [4.78, 5) is 23.8. The molecule has 2 aromatic heterocycles. The lowest BCUT2D eigenvalue weighted by atomic mass is 10.0. The highest BCUT2D eigenvalue weighted by atomic mass is 16.1. The number of nitrogens with zero attached hydrogens (tertiary/aromatic N) is 5. The zero-order chi connectivity index (χ0) is 21.6. The first kappa shape index (κ1) is 21.4. The van der Waals surface area contributed by atoms with Crippen LogP contribution in [-0.4, -0.2) is 56.1 Å². The minimum atomic E-state index is 0.119. The summed E-state index contributed by atoms with van der Waals surface area (Å²) in [6.07, 6.45) is 7.11. The maximum absolute atomic E-state index is 12.6. The molecule has 164 valence electrons. The minimum absolute atomic E-state index is 0.119. The minimum Gasteiger partial charge on any atom is -0.352 e. The maximum atomic E-state index is 12.6. The number of carbonyl (C=O) groups is 1. The molecule has 4 rings (SSSR count). The average Bonchev–Trinajstić information content (AvgIpc) is 3.23. The molecule has 7 heteroatoms. The average molecular weight is 421 g/mol. The molecule has 0 radical (unpaired) electrons. The summed E-state index contributed by atoms with van der Waals surface area (Å²) in [6, 6.07) is 10.9. The zero-order valence-corrected chi connectivity index (χ0v) is 18.5. The van der Waals surface area contributed by atoms with Gasteiger partial charge in [0.05, 0.1) is 0 Å². The van der Waals surface area contributed by atoms with E-state index in [9.17, 15) is 4.79 Å². The van der Waals surface area contributed by atoms with E-state index in [1.54, 1.807) is 4.52 Å². The van der Waals surface area contributed by atoms with Gasteiger partial charge in [0, 0.05) is 30.4 Å². The van der Waals surface area contributed by atoms with Crippen molar-refractivity contribution in [3.63, 3.8) is 0 Å². The van der Waals surface area contributed by atoms with Crippen molar-refractivity contribution in [1.82, 2.24) is 29.8 Å². The van der Waals surface area contributed by atoms with Crippen LogP contribution in [0.2, 0.25) is 0 Å². The number of aryl methyl sites for hydroxylation is 3. The molecule has 1 aliphatic rings. The predicted octanol–water partition coefficient (Wildman–Crippen LogP) is 2.89. The van der Waals surface area contributed by atoms with E-state index in [2.05, 4.69) is 55.6 Å². The van der Waals surface area contributed by atoms with Gasteiger partial charge in [-0.05, 0) is 70.2 Å². The van der Waals surface area contributed by atoms with Crippen molar-refractivity contribution in [3.05, 3.63) is 59.2 Å². The van der Waals surface area contributed by atoms with E-state index in [-0.39, 0.29) is 11.9 Å². The van der Waals surface area contributed by atoms with Crippen molar-refractivity contribution in [2.24, 2.45) is 0 Å². The van der Waals surface area contributed by atoms with E-state index in [1.165, 1.54) is 11.9 Å². The van der Waals surface area contributed by atoms with Crippen molar-refractivity contribution in [1.29, 1.82) is 0 Å². The van der Waals surface area contributed by atoms with E-state index in [0.29, 0.717) is 18.6 Å². The molecule has 1 N–H and O–H groups in total. The van der Waals surface area contributed by atoms with E-state index < -0.39 is 0 Å². The molecule has 0 bridgehead atoms. The Morgan fingerprint density at radius 2 is 2.03 bits per heavy atom. The number of likely N-dealkylation sites (tertiary alicyclic amines) is 1. The number of amides is 1. The van der Waals surface area contributed by atoms with Crippen LogP contribution in [0.3, 0.4) is 0 Å². The number of piperidine rings is 1. The first-order valence-corrected chi connectivity index (χ1v) is 11.3. The van der Waals surface area contributed by atoms with Crippen LogP contribution in [0.1, 0.15) is 48.2 Å². The number of benzene rings is 1. The van der Waals surface area contributed by atoms with Crippen molar-refractivity contribution >= 4 is 11.7 Å². The fourth-order valence-corrected chi connectivity index (χ4v) is 4.58. The first-order chi connectivity index (χ1) is 15.1. The van der Waals surface area contributed by atoms with Gasteiger partial charge >= 0.3 is 0 Å². The summed E-state index contributed by atoms with van der Waals surface area (Å²) in [5, 5.41) is 7.49. The molecular weight excluding hydrogens is 388 g/mol. The highest BCUT2D eigenvalue weighted by Gasteiger charge is 2.21. The number of carbonyl (C=O) groups excluding carboxylic acids is 1. The third-order valence-electron chi connectivity index (χ3n) is 6.24. The van der Waals surface area contributed by atoms with Crippen molar-refractivity contribution in [3.8, 4) is 0 Å².